The highest BCUT2D eigenvalue weighted by atomic mass is 32.2. The molecule has 0 aliphatic heterocycles. The van der Waals surface area contributed by atoms with Gasteiger partial charge >= 0.3 is 0 Å². The average molecular weight is 296 g/mol. The second-order valence-electron chi connectivity index (χ2n) is 5.47. The van der Waals surface area contributed by atoms with Crippen molar-refractivity contribution in [2.45, 2.75) is 50.0 Å². The Kier molecular flexibility index (Phi) is 5.18. The Hall–Kier alpha value is -0.910. The summed E-state index contributed by atoms with van der Waals surface area (Å²) in [6.07, 6.45) is 4.82. The molecule has 0 saturated heterocycles. The summed E-state index contributed by atoms with van der Waals surface area (Å²) in [6.45, 7) is 2.51. The molecule has 0 aromatic heterocycles. The molecule has 2 atom stereocenters. The van der Waals surface area contributed by atoms with E-state index in [4.69, 9.17) is 5.73 Å². The van der Waals surface area contributed by atoms with E-state index in [0.29, 0.717) is 17.9 Å². The Labute approximate surface area is 121 Å². The van der Waals surface area contributed by atoms with Crippen molar-refractivity contribution >= 4 is 10.0 Å². The summed E-state index contributed by atoms with van der Waals surface area (Å²) in [6, 6.07) is 7.18. The number of rotatable bonds is 5. The summed E-state index contributed by atoms with van der Waals surface area (Å²) in [5, 5.41) is 0. The van der Waals surface area contributed by atoms with Crippen molar-refractivity contribution in [3.05, 3.63) is 29.8 Å². The molecule has 1 aliphatic rings. The number of hydrogen-bond acceptors (Lipinski definition) is 3. The van der Waals surface area contributed by atoms with E-state index in [1.54, 1.807) is 12.1 Å². The zero-order chi connectivity index (χ0) is 14.6. The van der Waals surface area contributed by atoms with Gasteiger partial charge in [0.25, 0.3) is 0 Å². The largest absolute Gasteiger partial charge is 0.330 e. The van der Waals surface area contributed by atoms with E-state index < -0.39 is 10.0 Å². The molecule has 1 aliphatic carbocycles. The van der Waals surface area contributed by atoms with Crippen molar-refractivity contribution in [2.75, 3.05) is 6.54 Å². The van der Waals surface area contributed by atoms with Crippen LogP contribution in [0.1, 0.15) is 38.2 Å². The lowest BCUT2D eigenvalue weighted by atomic mass is 9.85. The maximum Gasteiger partial charge on any atom is 0.241 e. The molecule has 5 heteroatoms. The maximum absolute atomic E-state index is 12.6. The van der Waals surface area contributed by atoms with Gasteiger partial charge in [0.05, 0.1) is 4.90 Å². The lowest BCUT2D eigenvalue weighted by molar-refractivity contribution is 0.296. The Bertz CT molecular complexity index is 543. The molecule has 1 aromatic rings. The fourth-order valence-corrected chi connectivity index (χ4v) is 4.62. The van der Waals surface area contributed by atoms with E-state index in [9.17, 15) is 8.42 Å². The van der Waals surface area contributed by atoms with Crippen LogP contribution in [0.25, 0.3) is 0 Å². The Balaban J connectivity index is 2.22. The normalized spacial score (nSPS) is 23.7. The van der Waals surface area contributed by atoms with Crippen molar-refractivity contribution in [1.29, 1.82) is 0 Å². The molecule has 0 amide bonds. The molecule has 4 nitrogen and oxygen atoms in total. The molecule has 0 radical (unpaired) electrons. The number of benzene rings is 1. The average Bonchev–Trinajstić information content (AvgIpc) is 2.47. The molecule has 3 N–H and O–H groups in total. The third kappa shape index (κ3) is 3.40. The van der Waals surface area contributed by atoms with E-state index in [0.717, 1.165) is 31.2 Å². The summed E-state index contributed by atoms with van der Waals surface area (Å²) < 4.78 is 28.1. The summed E-state index contributed by atoms with van der Waals surface area (Å²) in [4.78, 5) is 0.406. The molecule has 0 bridgehead atoms. The van der Waals surface area contributed by atoms with Gasteiger partial charge in [0, 0.05) is 6.04 Å². The first-order valence-electron chi connectivity index (χ1n) is 7.38. The van der Waals surface area contributed by atoms with Crippen LogP contribution in [0.15, 0.2) is 29.2 Å². The monoisotopic (exact) mass is 296 g/mol. The van der Waals surface area contributed by atoms with Gasteiger partial charge in [-0.1, -0.05) is 38.0 Å². The standard InChI is InChI=1S/C15H24N2O2S/c1-2-12-7-4-6-10-15(12)20(18,19)17-14-9-5-3-8-13(14)11-16/h4,6-7,10,13-14,17H,2-3,5,8-9,11,16H2,1H3. The van der Waals surface area contributed by atoms with Crippen LogP contribution in [-0.2, 0) is 16.4 Å². The molecule has 1 fully saturated rings. The smallest absolute Gasteiger partial charge is 0.241 e. The minimum absolute atomic E-state index is 0.0244. The van der Waals surface area contributed by atoms with Gasteiger partial charge in [0.2, 0.25) is 10.0 Å². The second-order valence-corrected chi connectivity index (χ2v) is 7.15. The van der Waals surface area contributed by atoms with Gasteiger partial charge in [0.15, 0.2) is 0 Å². The zero-order valence-corrected chi connectivity index (χ0v) is 12.8. The van der Waals surface area contributed by atoms with Crippen LogP contribution in [0.5, 0.6) is 0 Å². The Morgan fingerprint density at radius 2 is 1.95 bits per heavy atom. The number of sulfonamides is 1. The fourth-order valence-electron chi connectivity index (χ4n) is 2.97. The SMILES string of the molecule is CCc1ccccc1S(=O)(=O)NC1CCCCC1CN. The fraction of sp³-hybridized carbons (Fsp3) is 0.600. The molecule has 1 aromatic carbocycles. The minimum Gasteiger partial charge on any atom is -0.330 e. The summed E-state index contributed by atoms with van der Waals surface area (Å²) >= 11 is 0. The molecule has 112 valence electrons. The molecule has 0 spiro atoms. The lowest BCUT2D eigenvalue weighted by Gasteiger charge is -2.31. The van der Waals surface area contributed by atoms with Gasteiger partial charge in [-0.05, 0) is 43.4 Å². The van der Waals surface area contributed by atoms with Gasteiger partial charge in [-0.25, -0.2) is 13.1 Å². The molecule has 1 saturated carbocycles. The van der Waals surface area contributed by atoms with Crippen molar-refractivity contribution in [3.8, 4) is 0 Å². The van der Waals surface area contributed by atoms with E-state index in [2.05, 4.69) is 4.72 Å². The van der Waals surface area contributed by atoms with Crippen molar-refractivity contribution in [2.24, 2.45) is 11.7 Å². The van der Waals surface area contributed by atoms with Gasteiger partial charge < -0.3 is 5.73 Å². The van der Waals surface area contributed by atoms with Crippen molar-refractivity contribution in [1.82, 2.24) is 4.72 Å². The van der Waals surface area contributed by atoms with E-state index in [1.165, 1.54) is 0 Å². The van der Waals surface area contributed by atoms with Gasteiger partial charge in [-0.15, -0.1) is 0 Å². The van der Waals surface area contributed by atoms with Crippen LogP contribution in [-0.4, -0.2) is 21.0 Å². The van der Waals surface area contributed by atoms with Crippen LogP contribution in [0.4, 0.5) is 0 Å². The zero-order valence-electron chi connectivity index (χ0n) is 12.0. The first-order chi connectivity index (χ1) is 9.58. The van der Waals surface area contributed by atoms with Crippen LogP contribution in [0.2, 0.25) is 0 Å². The molecule has 20 heavy (non-hydrogen) atoms. The lowest BCUT2D eigenvalue weighted by Crippen LogP contribution is -2.44. The van der Waals surface area contributed by atoms with Gasteiger partial charge in [-0.2, -0.15) is 0 Å². The third-order valence-corrected chi connectivity index (χ3v) is 5.75. The quantitative estimate of drug-likeness (QED) is 0.873. The predicted octanol–water partition coefficient (Wildman–Crippen LogP) is 2.04. The summed E-state index contributed by atoms with van der Waals surface area (Å²) in [5.41, 5.74) is 6.63. The van der Waals surface area contributed by atoms with E-state index in [1.807, 2.05) is 19.1 Å². The minimum atomic E-state index is -3.45. The predicted molar refractivity (Wildman–Crippen MR) is 80.9 cm³/mol. The third-order valence-electron chi connectivity index (χ3n) is 4.16. The molecular weight excluding hydrogens is 272 g/mol. The van der Waals surface area contributed by atoms with Crippen LogP contribution >= 0.6 is 0 Å². The summed E-state index contributed by atoms with van der Waals surface area (Å²) in [7, 11) is -3.45. The number of nitrogens with one attached hydrogen (secondary N) is 1. The molecule has 2 unspecified atom stereocenters. The molecule has 0 heterocycles. The Morgan fingerprint density at radius 1 is 1.25 bits per heavy atom. The molecule has 2 rings (SSSR count). The topological polar surface area (TPSA) is 72.2 Å². The first kappa shape index (κ1) is 15.5. The number of aryl methyl sites for hydroxylation is 1. The first-order valence-corrected chi connectivity index (χ1v) is 8.87. The van der Waals surface area contributed by atoms with Crippen LogP contribution < -0.4 is 10.5 Å². The van der Waals surface area contributed by atoms with Crippen LogP contribution in [0, 0.1) is 5.92 Å². The highest BCUT2D eigenvalue weighted by Gasteiger charge is 2.29. The van der Waals surface area contributed by atoms with Crippen molar-refractivity contribution < 1.29 is 8.42 Å². The highest BCUT2D eigenvalue weighted by Crippen LogP contribution is 2.26. The molecular formula is C15H24N2O2S. The van der Waals surface area contributed by atoms with E-state index >= 15 is 0 Å². The van der Waals surface area contributed by atoms with Gasteiger partial charge in [0.1, 0.15) is 0 Å². The van der Waals surface area contributed by atoms with Crippen LogP contribution in [0.3, 0.4) is 0 Å². The Morgan fingerprint density at radius 3 is 2.65 bits per heavy atom. The maximum atomic E-state index is 12.6. The van der Waals surface area contributed by atoms with Crippen molar-refractivity contribution in [3.63, 3.8) is 0 Å². The number of hydrogen-bond donors (Lipinski definition) is 2. The second kappa shape index (κ2) is 6.70. The van der Waals surface area contributed by atoms with E-state index in [-0.39, 0.29) is 12.0 Å². The summed E-state index contributed by atoms with van der Waals surface area (Å²) in [5.74, 6) is 0.257. The highest BCUT2D eigenvalue weighted by molar-refractivity contribution is 7.89. The van der Waals surface area contributed by atoms with Gasteiger partial charge in [-0.3, -0.25) is 0 Å². The number of nitrogens with two attached hydrogens (primary N) is 1.